The van der Waals surface area contributed by atoms with Crippen molar-refractivity contribution in [3.63, 3.8) is 0 Å². The van der Waals surface area contributed by atoms with Crippen molar-refractivity contribution in [2.24, 2.45) is 0 Å². The number of hydrogen-bond acceptors (Lipinski definition) is 8. The summed E-state index contributed by atoms with van der Waals surface area (Å²) in [5.74, 6) is -3.05. The Morgan fingerprint density at radius 3 is 1.32 bits per heavy atom. The molecule has 0 N–H and O–H groups in total. The zero-order chi connectivity index (χ0) is 26.9. The van der Waals surface area contributed by atoms with Gasteiger partial charge in [0.15, 0.2) is 0 Å². The molecule has 0 aliphatic rings. The van der Waals surface area contributed by atoms with Gasteiger partial charge in [-0.25, -0.2) is 9.59 Å². The lowest BCUT2D eigenvalue weighted by molar-refractivity contribution is -0.140. The van der Waals surface area contributed by atoms with Gasteiger partial charge in [-0.15, -0.1) is 0 Å². The number of carbonyl (C=O) groups is 4. The molecule has 8 nitrogen and oxygen atoms in total. The molecule has 0 aromatic heterocycles. The molecule has 0 aliphatic heterocycles. The van der Waals surface area contributed by atoms with Crippen LogP contribution in [0, 0.1) is 0 Å². The first-order chi connectivity index (χ1) is 17.8. The number of rotatable bonds is 18. The molecule has 0 atom stereocenters. The Bertz CT molecular complexity index is 912. The predicted molar refractivity (Wildman–Crippen MR) is 141 cm³/mol. The van der Waals surface area contributed by atoms with E-state index in [0.717, 1.165) is 24.9 Å². The number of Topliss-reactive ketones (excluding diaryl/α,β-unsaturated/α-hetero) is 2. The zero-order valence-electron chi connectivity index (χ0n) is 21.6. The Labute approximate surface area is 219 Å². The molecule has 0 saturated heterocycles. The fourth-order valence-corrected chi connectivity index (χ4v) is 6.02. The molecule has 2 aromatic rings. The van der Waals surface area contributed by atoms with Crippen molar-refractivity contribution in [3.8, 4) is 0 Å². The van der Waals surface area contributed by atoms with E-state index in [1.807, 2.05) is 0 Å². The fourth-order valence-electron chi connectivity index (χ4n) is 3.57. The number of ketones is 2. The SMILES string of the molecule is C[Si](C)(CCCOCCOC(=O)C(=O)c1ccccc1)CCCOCCOC(=O)C(=O)c1ccccc1. The van der Waals surface area contributed by atoms with Gasteiger partial charge in [-0.3, -0.25) is 9.59 Å². The fraction of sp³-hybridized carbons (Fsp3) is 0.429. The maximum atomic E-state index is 11.9. The molecule has 0 saturated carbocycles. The molecule has 0 radical (unpaired) electrons. The van der Waals surface area contributed by atoms with E-state index < -0.39 is 31.6 Å². The predicted octanol–water partition coefficient (Wildman–Crippen LogP) is 4.36. The highest BCUT2D eigenvalue weighted by Crippen LogP contribution is 2.19. The summed E-state index contributed by atoms with van der Waals surface area (Å²) >= 11 is 0. The summed E-state index contributed by atoms with van der Waals surface area (Å²) in [7, 11) is -1.40. The lowest BCUT2D eigenvalue weighted by Gasteiger charge is -2.22. The normalized spacial score (nSPS) is 11.1. The molecule has 9 heteroatoms. The summed E-state index contributed by atoms with van der Waals surface area (Å²) in [5.41, 5.74) is 0.620. The van der Waals surface area contributed by atoms with E-state index in [9.17, 15) is 19.2 Å². The van der Waals surface area contributed by atoms with Crippen molar-refractivity contribution in [2.45, 2.75) is 38.0 Å². The Hall–Kier alpha value is -3.14. The van der Waals surface area contributed by atoms with Crippen molar-refractivity contribution in [1.82, 2.24) is 0 Å². The van der Waals surface area contributed by atoms with Crippen LogP contribution < -0.4 is 0 Å². The Balaban J connectivity index is 1.44. The van der Waals surface area contributed by atoms with Crippen LogP contribution in [-0.2, 0) is 28.5 Å². The third kappa shape index (κ3) is 12.1. The second-order valence-electron chi connectivity index (χ2n) is 9.26. The average Bonchev–Trinajstić information content (AvgIpc) is 2.91. The topological polar surface area (TPSA) is 105 Å². The van der Waals surface area contributed by atoms with Gasteiger partial charge in [0.2, 0.25) is 0 Å². The number of esters is 2. The lowest BCUT2D eigenvalue weighted by Crippen LogP contribution is -2.26. The van der Waals surface area contributed by atoms with Crippen molar-refractivity contribution in [2.75, 3.05) is 39.6 Å². The summed E-state index contributed by atoms with van der Waals surface area (Å²) in [5, 5.41) is 0. The minimum absolute atomic E-state index is 0.0469. The largest absolute Gasteiger partial charge is 0.457 e. The van der Waals surface area contributed by atoms with E-state index in [4.69, 9.17) is 18.9 Å². The van der Waals surface area contributed by atoms with Gasteiger partial charge in [0.1, 0.15) is 13.2 Å². The molecule has 0 aliphatic carbocycles. The maximum Gasteiger partial charge on any atom is 0.379 e. The average molecular weight is 529 g/mol. The third-order valence-electron chi connectivity index (χ3n) is 5.65. The zero-order valence-corrected chi connectivity index (χ0v) is 22.6. The first-order valence-corrected chi connectivity index (χ1v) is 15.9. The Kier molecular flexibility index (Phi) is 13.5. The minimum Gasteiger partial charge on any atom is -0.457 e. The van der Waals surface area contributed by atoms with E-state index in [1.54, 1.807) is 60.7 Å². The van der Waals surface area contributed by atoms with E-state index in [0.29, 0.717) is 24.3 Å². The number of ether oxygens (including phenoxy) is 4. The molecule has 37 heavy (non-hydrogen) atoms. The van der Waals surface area contributed by atoms with Crippen LogP contribution in [0.3, 0.4) is 0 Å². The van der Waals surface area contributed by atoms with E-state index in [1.165, 1.54) is 0 Å². The van der Waals surface area contributed by atoms with E-state index in [-0.39, 0.29) is 26.4 Å². The molecule has 0 unspecified atom stereocenters. The summed E-state index contributed by atoms with van der Waals surface area (Å²) < 4.78 is 21.0. The quantitative estimate of drug-likeness (QED) is 0.0924. The van der Waals surface area contributed by atoms with Gasteiger partial charge in [-0.1, -0.05) is 85.8 Å². The van der Waals surface area contributed by atoms with Gasteiger partial charge in [0.05, 0.1) is 13.2 Å². The highest BCUT2D eigenvalue weighted by Gasteiger charge is 2.20. The lowest BCUT2D eigenvalue weighted by atomic mass is 10.1. The third-order valence-corrected chi connectivity index (χ3v) is 9.06. The standard InChI is InChI=1S/C28H36O8Si/c1-37(2,21-9-15-33-17-19-35-27(31)25(29)23-11-5-3-6-12-23)22-10-16-34-18-20-36-28(32)26(30)24-13-7-4-8-14-24/h3-8,11-14H,9-10,15-22H2,1-2H3. The highest BCUT2D eigenvalue weighted by atomic mass is 28.3. The highest BCUT2D eigenvalue weighted by molar-refractivity contribution is 6.77. The molecule has 0 heterocycles. The van der Waals surface area contributed by atoms with Gasteiger partial charge in [0.25, 0.3) is 11.6 Å². The molecule has 0 amide bonds. The van der Waals surface area contributed by atoms with Crippen LogP contribution in [0.4, 0.5) is 0 Å². The van der Waals surface area contributed by atoms with Gasteiger partial charge < -0.3 is 18.9 Å². The van der Waals surface area contributed by atoms with E-state index in [2.05, 4.69) is 13.1 Å². The van der Waals surface area contributed by atoms with Crippen molar-refractivity contribution < 1.29 is 38.1 Å². The molecule has 0 fully saturated rings. The minimum atomic E-state index is -1.40. The molecular weight excluding hydrogens is 492 g/mol. The van der Waals surface area contributed by atoms with Crippen LogP contribution in [-0.4, -0.2) is 71.2 Å². The summed E-state index contributed by atoms with van der Waals surface area (Å²) in [6.45, 7) is 6.39. The molecule has 200 valence electrons. The molecule has 2 rings (SSSR count). The van der Waals surface area contributed by atoms with Crippen molar-refractivity contribution >= 4 is 31.6 Å². The molecule has 2 aromatic carbocycles. The molecule has 0 spiro atoms. The second-order valence-corrected chi connectivity index (χ2v) is 14.6. The van der Waals surface area contributed by atoms with Crippen LogP contribution in [0.2, 0.25) is 25.2 Å². The second kappa shape index (κ2) is 16.6. The first kappa shape index (κ1) is 30.1. The summed E-state index contributed by atoms with van der Waals surface area (Å²) in [6.07, 6.45) is 1.84. The van der Waals surface area contributed by atoms with Crippen LogP contribution in [0.15, 0.2) is 60.7 Å². The van der Waals surface area contributed by atoms with Crippen molar-refractivity contribution in [3.05, 3.63) is 71.8 Å². The Morgan fingerprint density at radius 1 is 0.568 bits per heavy atom. The molecule has 0 bridgehead atoms. The number of carbonyl (C=O) groups excluding carboxylic acids is 4. The monoisotopic (exact) mass is 528 g/mol. The maximum absolute atomic E-state index is 11.9. The van der Waals surface area contributed by atoms with Gasteiger partial charge in [-0.05, 0) is 12.8 Å². The van der Waals surface area contributed by atoms with Gasteiger partial charge in [0, 0.05) is 32.4 Å². The van der Waals surface area contributed by atoms with Crippen LogP contribution in [0.25, 0.3) is 0 Å². The van der Waals surface area contributed by atoms with Gasteiger partial charge >= 0.3 is 11.9 Å². The number of hydrogen-bond donors (Lipinski definition) is 0. The molecular formula is C28H36O8Si. The summed E-state index contributed by atoms with van der Waals surface area (Å²) in [6, 6.07) is 18.8. The smallest absolute Gasteiger partial charge is 0.379 e. The van der Waals surface area contributed by atoms with Crippen LogP contribution >= 0.6 is 0 Å². The number of benzene rings is 2. The Morgan fingerprint density at radius 2 is 0.946 bits per heavy atom. The van der Waals surface area contributed by atoms with Gasteiger partial charge in [-0.2, -0.15) is 0 Å². The van der Waals surface area contributed by atoms with Crippen LogP contribution in [0.5, 0.6) is 0 Å². The van der Waals surface area contributed by atoms with Crippen molar-refractivity contribution in [1.29, 1.82) is 0 Å². The first-order valence-electron chi connectivity index (χ1n) is 12.5. The van der Waals surface area contributed by atoms with E-state index >= 15 is 0 Å². The summed E-state index contributed by atoms with van der Waals surface area (Å²) in [4.78, 5) is 47.4. The van der Waals surface area contributed by atoms with Crippen LogP contribution in [0.1, 0.15) is 33.6 Å².